The van der Waals surface area contributed by atoms with Crippen molar-refractivity contribution in [2.75, 3.05) is 6.54 Å². The number of hydrogen-bond donors (Lipinski definition) is 1. The predicted molar refractivity (Wildman–Crippen MR) is 119 cm³/mol. The molecule has 0 bridgehead atoms. The van der Waals surface area contributed by atoms with Gasteiger partial charge in [-0.25, -0.2) is 4.68 Å². The summed E-state index contributed by atoms with van der Waals surface area (Å²) >= 11 is 6.44. The average molecular weight is 437 g/mol. The molecule has 3 aromatic rings. The molecular formula is C21H16N4O3S2. The first-order chi connectivity index (χ1) is 14.5. The van der Waals surface area contributed by atoms with E-state index in [0.717, 1.165) is 28.6 Å². The van der Waals surface area contributed by atoms with Crippen LogP contribution < -0.4 is 0 Å². The van der Waals surface area contributed by atoms with E-state index in [1.165, 1.54) is 4.90 Å². The molecule has 4 rings (SSSR count). The smallest absolute Gasteiger partial charge is 0.305 e. The van der Waals surface area contributed by atoms with Gasteiger partial charge in [-0.05, 0) is 30.3 Å². The highest BCUT2D eigenvalue weighted by atomic mass is 32.2. The summed E-state index contributed by atoms with van der Waals surface area (Å²) in [7, 11) is 0. The molecule has 2 aromatic heterocycles. The van der Waals surface area contributed by atoms with Crippen molar-refractivity contribution in [3.05, 3.63) is 71.5 Å². The fourth-order valence-corrected chi connectivity index (χ4v) is 4.28. The van der Waals surface area contributed by atoms with E-state index in [4.69, 9.17) is 22.4 Å². The fraction of sp³-hybridized carbons (Fsp3) is 0.0952. The number of carbonyl (C=O) groups excluding carboxylic acids is 1. The predicted octanol–water partition coefficient (Wildman–Crippen LogP) is 3.61. The monoisotopic (exact) mass is 436 g/mol. The Balaban J connectivity index is 1.73. The van der Waals surface area contributed by atoms with Crippen LogP contribution in [0.15, 0.2) is 66.0 Å². The Morgan fingerprint density at radius 1 is 1.17 bits per heavy atom. The Morgan fingerprint density at radius 2 is 1.90 bits per heavy atom. The molecule has 1 N–H and O–H groups in total. The standard InChI is InChI=1S/C21H16N4O3S2/c26-18(27)8-11-24-20(28)17(30-21(24)29)12-15-13-25(16-4-2-1-3-5-16)23-19(15)14-6-9-22-10-7-14/h1-7,9-10,12-13H,8,11H2,(H,26,27)/b17-12-. The van der Waals surface area contributed by atoms with E-state index in [0.29, 0.717) is 14.9 Å². The summed E-state index contributed by atoms with van der Waals surface area (Å²) in [6.07, 6.45) is 6.82. The summed E-state index contributed by atoms with van der Waals surface area (Å²) in [6.45, 7) is 0.0534. The highest BCUT2D eigenvalue weighted by Gasteiger charge is 2.32. The number of para-hydroxylation sites is 1. The Hall–Kier alpha value is -3.30. The number of thioether (sulfide) groups is 1. The Kier molecular flexibility index (Phi) is 5.73. The number of aliphatic carboxylic acids is 1. The molecule has 1 aliphatic heterocycles. The van der Waals surface area contributed by atoms with Crippen LogP contribution in [0.25, 0.3) is 23.0 Å². The molecule has 0 atom stereocenters. The van der Waals surface area contributed by atoms with Crippen LogP contribution in [0.1, 0.15) is 12.0 Å². The van der Waals surface area contributed by atoms with Gasteiger partial charge in [0.2, 0.25) is 0 Å². The minimum atomic E-state index is -0.975. The van der Waals surface area contributed by atoms with Gasteiger partial charge in [-0.15, -0.1) is 0 Å². The van der Waals surface area contributed by atoms with E-state index in [1.54, 1.807) is 23.2 Å². The number of carbonyl (C=O) groups is 2. The van der Waals surface area contributed by atoms with Crippen LogP contribution in [-0.4, -0.2) is 47.5 Å². The van der Waals surface area contributed by atoms with Gasteiger partial charge in [0.05, 0.1) is 17.0 Å². The Bertz CT molecular complexity index is 1140. The summed E-state index contributed by atoms with van der Waals surface area (Å²) < 4.78 is 2.11. The van der Waals surface area contributed by atoms with Crippen molar-refractivity contribution in [2.45, 2.75) is 6.42 Å². The molecule has 0 spiro atoms. The third-order valence-corrected chi connectivity index (χ3v) is 5.80. The van der Waals surface area contributed by atoms with E-state index in [1.807, 2.05) is 48.7 Å². The maximum absolute atomic E-state index is 12.8. The van der Waals surface area contributed by atoms with Gasteiger partial charge >= 0.3 is 5.97 Å². The van der Waals surface area contributed by atoms with Crippen LogP contribution in [0.5, 0.6) is 0 Å². The molecule has 1 amide bonds. The van der Waals surface area contributed by atoms with E-state index in [2.05, 4.69) is 4.98 Å². The molecule has 9 heteroatoms. The number of amides is 1. The minimum absolute atomic E-state index is 0.0534. The topological polar surface area (TPSA) is 88.3 Å². The molecule has 0 saturated carbocycles. The maximum Gasteiger partial charge on any atom is 0.305 e. The van der Waals surface area contributed by atoms with Crippen LogP contribution in [0, 0.1) is 0 Å². The van der Waals surface area contributed by atoms with Gasteiger partial charge in [-0.1, -0.05) is 42.2 Å². The number of carboxylic acid groups (broad SMARTS) is 1. The largest absolute Gasteiger partial charge is 0.481 e. The first kappa shape index (κ1) is 20.0. The van der Waals surface area contributed by atoms with Gasteiger partial charge < -0.3 is 5.11 Å². The van der Waals surface area contributed by atoms with Gasteiger partial charge in [-0.2, -0.15) is 5.10 Å². The van der Waals surface area contributed by atoms with Gasteiger partial charge in [-0.3, -0.25) is 19.5 Å². The van der Waals surface area contributed by atoms with Gasteiger partial charge in [0.1, 0.15) is 10.0 Å². The second-order valence-corrected chi connectivity index (χ2v) is 8.10. The van der Waals surface area contributed by atoms with Crippen LogP contribution in [0.2, 0.25) is 0 Å². The normalized spacial score (nSPS) is 15.2. The lowest BCUT2D eigenvalue weighted by Gasteiger charge is -2.12. The van der Waals surface area contributed by atoms with Crippen molar-refractivity contribution in [3.8, 4) is 16.9 Å². The number of carboxylic acids is 1. The Labute approximate surface area is 182 Å². The number of hydrogen-bond acceptors (Lipinski definition) is 6. The second-order valence-electron chi connectivity index (χ2n) is 6.43. The molecule has 3 heterocycles. The van der Waals surface area contributed by atoms with Crippen molar-refractivity contribution in [3.63, 3.8) is 0 Å². The fourth-order valence-electron chi connectivity index (χ4n) is 2.98. The number of nitrogens with zero attached hydrogens (tertiary/aromatic N) is 4. The summed E-state index contributed by atoms with van der Waals surface area (Å²) in [5, 5.41) is 13.6. The number of pyridine rings is 1. The first-order valence-electron chi connectivity index (χ1n) is 9.05. The molecular weight excluding hydrogens is 420 g/mol. The summed E-state index contributed by atoms with van der Waals surface area (Å²) in [5.74, 6) is -1.27. The van der Waals surface area contributed by atoms with Crippen molar-refractivity contribution in [2.24, 2.45) is 0 Å². The van der Waals surface area contributed by atoms with Crippen LogP contribution in [-0.2, 0) is 9.59 Å². The van der Waals surface area contributed by atoms with E-state index in [-0.39, 0.29) is 18.9 Å². The van der Waals surface area contributed by atoms with Crippen molar-refractivity contribution in [1.82, 2.24) is 19.7 Å². The quantitative estimate of drug-likeness (QED) is 0.466. The SMILES string of the molecule is O=C(O)CCN1C(=O)/C(=C/c2cn(-c3ccccc3)nc2-c2ccncc2)SC1=S. The van der Waals surface area contributed by atoms with E-state index < -0.39 is 5.97 Å². The lowest BCUT2D eigenvalue weighted by Crippen LogP contribution is -2.30. The third-order valence-electron chi connectivity index (χ3n) is 4.43. The lowest BCUT2D eigenvalue weighted by molar-refractivity contribution is -0.137. The van der Waals surface area contributed by atoms with Crippen LogP contribution in [0.4, 0.5) is 0 Å². The van der Waals surface area contributed by atoms with Crippen molar-refractivity contribution < 1.29 is 14.7 Å². The van der Waals surface area contributed by atoms with Crippen LogP contribution >= 0.6 is 24.0 Å². The molecule has 0 aliphatic carbocycles. The molecule has 7 nitrogen and oxygen atoms in total. The molecule has 30 heavy (non-hydrogen) atoms. The molecule has 0 radical (unpaired) electrons. The highest BCUT2D eigenvalue weighted by Crippen LogP contribution is 2.34. The number of aromatic nitrogens is 3. The van der Waals surface area contributed by atoms with Crippen molar-refractivity contribution >= 4 is 46.3 Å². The first-order valence-corrected chi connectivity index (χ1v) is 10.3. The average Bonchev–Trinajstić information content (AvgIpc) is 3.29. The van der Waals surface area contributed by atoms with Crippen LogP contribution in [0.3, 0.4) is 0 Å². The second kappa shape index (κ2) is 8.60. The zero-order valence-electron chi connectivity index (χ0n) is 15.6. The molecule has 1 aromatic carbocycles. The lowest BCUT2D eigenvalue weighted by atomic mass is 10.1. The third kappa shape index (κ3) is 4.17. The summed E-state index contributed by atoms with van der Waals surface area (Å²) in [5.41, 5.74) is 3.22. The number of benzene rings is 1. The zero-order valence-corrected chi connectivity index (χ0v) is 17.3. The Morgan fingerprint density at radius 3 is 2.60 bits per heavy atom. The van der Waals surface area contributed by atoms with Gasteiger partial charge in [0.25, 0.3) is 5.91 Å². The number of thiocarbonyl (C=S) groups is 1. The molecule has 150 valence electrons. The zero-order chi connectivity index (χ0) is 21.1. The maximum atomic E-state index is 12.8. The molecule has 0 unspecified atom stereocenters. The summed E-state index contributed by atoms with van der Waals surface area (Å²) in [4.78, 5) is 29.5. The van der Waals surface area contributed by atoms with Gasteiger partial charge in [0.15, 0.2) is 0 Å². The highest BCUT2D eigenvalue weighted by molar-refractivity contribution is 8.26. The number of rotatable bonds is 6. The van der Waals surface area contributed by atoms with E-state index in [9.17, 15) is 9.59 Å². The van der Waals surface area contributed by atoms with Gasteiger partial charge in [0, 0.05) is 36.3 Å². The minimum Gasteiger partial charge on any atom is -0.481 e. The summed E-state index contributed by atoms with van der Waals surface area (Å²) in [6, 6.07) is 13.4. The molecule has 1 fully saturated rings. The van der Waals surface area contributed by atoms with E-state index >= 15 is 0 Å². The van der Waals surface area contributed by atoms with Crippen molar-refractivity contribution in [1.29, 1.82) is 0 Å². The molecule has 1 aliphatic rings. The molecule has 1 saturated heterocycles.